The summed E-state index contributed by atoms with van der Waals surface area (Å²) in [6.07, 6.45) is 7.96. The van der Waals surface area contributed by atoms with Gasteiger partial charge in [0.15, 0.2) is 0 Å². The zero-order valence-electron chi connectivity index (χ0n) is 16.2. The molecule has 2 fully saturated rings. The van der Waals surface area contributed by atoms with Gasteiger partial charge in [0.1, 0.15) is 11.6 Å². The van der Waals surface area contributed by atoms with E-state index >= 15 is 0 Å². The van der Waals surface area contributed by atoms with Crippen LogP contribution in [0.15, 0.2) is 24.5 Å². The van der Waals surface area contributed by atoms with E-state index in [1.807, 2.05) is 24.8 Å². The Hall–Kier alpha value is -2.50. The minimum absolute atomic E-state index is 0.0708. The number of carbonyl (C=O) groups is 1. The quantitative estimate of drug-likeness (QED) is 0.836. The van der Waals surface area contributed by atoms with Crippen molar-refractivity contribution < 1.29 is 4.79 Å². The van der Waals surface area contributed by atoms with Crippen molar-refractivity contribution in [3.8, 4) is 0 Å². The van der Waals surface area contributed by atoms with Crippen molar-refractivity contribution in [3.63, 3.8) is 0 Å². The monoisotopic (exact) mass is 365 g/mol. The first-order valence-corrected chi connectivity index (χ1v) is 9.91. The average Bonchev–Trinajstić information content (AvgIpc) is 3.22. The number of piperidine rings is 1. The summed E-state index contributed by atoms with van der Waals surface area (Å²) >= 11 is 0. The lowest BCUT2D eigenvalue weighted by Crippen LogP contribution is -2.39. The molecule has 1 amide bonds. The molecule has 0 unspecified atom stereocenters. The second kappa shape index (κ2) is 7.62. The molecule has 1 atom stereocenters. The maximum absolute atomic E-state index is 12.9. The molecule has 0 spiro atoms. The number of likely N-dealkylation sites (tertiary alicyclic amines) is 1. The Labute approximate surface area is 160 Å². The molecule has 2 saturated heterocycles. The Morgan fingerprint density at radius 2 is 1.85 bits per heavy atom. The van der Waals surface area contributed by atoms with Crippen LogP contribution in [0, 0.1) is 13.8 Å². The van der Waals surface area contributed by atoms with Crippen molar-refractivity contribution in [2.75, 3.05) is 31.1 Å². The van der Waals surface area contributed by atoms with E-state index in [1.165, 1.54) is 12.8 Å². The van der Waals surface area contributed by atoms with Crippen molar-refractivity contribution in [1.29, 1.82) is 0 Å². The molecule has 2 aliphatic rings. The molecule has 2 aliphatic heterocycles. The van der Waals surface area contributed by atoms with Crippen LogP contribution >= 0.6 is 0 Å². The minimum atomic E-state index is 0.0708. The lowest BCUT2D eigenvalue weighted by atomic mass is 9.94. The van der Waals surface area contributed by atoms with E-state index in [2.05, 4.69) is 20.9 Å². The third-order valence-corrected chi connectivity index (χ3v) is 5.52. The van der Waals surface area contributed by atoms with Crippen LogP contribution < -0.4 is 4.90 Å². The maximum Gasteiger partial charge on any atom is 0.255 e. The third kappa shape index (κ3) is 3.94. The summed E-state index contributed by atoms with van der Waals surface area (Å²) in [5, 5.41) is 0. The molecule has 6 nitrogen and oxygen atoms in total. The highest BCUT2D eigenvalue weighted by molar-refractivity contribution is 5.94. The van der Waals surface area contributed by atoms with Gasteiger partial charge in [0.2, 0.25) is 0 Å². The van der Waals surface area contributed by atoms with Crippen LogP contribution in [0.25, 0.3) is 0 Å². The summed E-state index contributed by atoms with van der Waals surface area (Å²) in [4.78, 5) is 30.8. The standard InChI is InChI=1S/C21H27N5O/c1-15-10-18(13-22-12-15)21(27)26-9-5-6-17(14-26)19-11-20(24-16(2)23-19)25-7-3-4-8-25/h10-13,17H,3-9,14H2,1-2H3/t17-/m0/s1. The van der Waals surface area contributed by atoms with Crippen LogP contribution in [0.3, 0.4) is 0 Å². The van der Waals surface area contributed by atoms with Crippen LogP contribution in [0.5, 0.6) is 0 Å². The van der Waals surface area contributed by atoms with Gasteiger partial charge < -0.3 is 9.80 Å². The predicted octanol–water partition coefficient (Wildman–Crippen LogP) is 3.11. The van der Waals surface area contributed by atoms with Gasteiger partial charge in [0, 0.05) is 50.6 Å². The SMILES string of the molecule is Cc1cncc(C(=O)N2CCC[C@H](c3cc(N4CCCC4)nc(C)n3)C2)c1. The van der Waals surface area contributed by atoms with E-state index in [4.69, 9.17) is 4.98 Å². The molecule has 0 aliphatic carbocycles. The second-order valence-corrected chi connectivity index (χ2v) is 7.73. The van der Waals surface area contributed by atoms with Crippen molar-refractivity contribution >= 4 is 11.7 Å². The number of nitrogens with zero attached hydrogens (tertiary/aromatic N) is 5. The van der Waals surface area contributed by atoms with Gasteiger partial charge in [0.25, 0.3) is 5.91 Å². The van der Waals surface area contributed by atoms with E-state index in [9.17, 15) is 4.79 Å². The van der Waals surface area contributed by atoms with Crippen LogP contribution in [0.1, 0.15) is 59.0 Å². The average molecular weight is 365 g/mol. The van der Waals surface area contributed by atoms with Gasteiger partial charge in [-0.25, -0.2) is 9.97 Å². The van der Waals surface area contributed by atoms with E-state index in [-0.39, 0.29) is 11.8 Å². The Morgan fingerprint density at radius 3 is 2.63 bits per heavy atom. The number of aromatic nitrogens is 3. The molecule has 2 aromatic heterocycles. The minimum Gasteiger partial charge on any atom is -0.357 e. The van der Waals surface area contributed by atoms with Gasteiger partial charge in [-0.1, -0.05) is 0 Å². The van der Waals surface area contributed by atoms with E-state index in [1.54, 1.807) is 12.4 Å². The molecule has 0 bridgehead atoms. The summed E-state index contributed by atoms with van der Waals surface area (Å²) < 4.78 is 0. The molecule has 0 aromatic carbocycles. The van der Waals surface area contributed by atoms with Gasteiger partial charge in [-0.15, -0.1) is 0 Å². The van der Waals surface area contributed by atoms with E-state index in [0.717, 1.165) is 55.4 Å². The molecule has 6 heteroatoms. The second-order valence-electron chi connectivity index (χ2n) is 7.73. The fraction of sp³-hybridized carbons (Fsp3) is 0.524. The van der Waals surface area contributed by atoms with Gasteiger partial charge in [-0.3, -0.25) is 9.78 Å². The normalized spacial score (nSPS) is 20.1. The maximum atomic E-state index is 12.9. The Bertz CT molecular complexity index is 831. The van der Waals surface area contributed by atoms with Gasteiger partial charge in [-0.05, 0) is 51.2 Å². The van der Waals surface area contributed by atoms with Crippen LogP contribution in [-0.2, 0) is 0 Å². The number of hydrogen-bond acceptors (Lipinski definition) is 5. The molecular weight excluding hydrogens is 338 g/mol. The number of amides is 1. The number of hydrogen-bond donors (Lipinski definition) is 0. The van der Waals surface area contributed by atoms with Crippen molar-refractivity contribution in [3.05, 3.63) is 47.2 Å². The van der Waals surface area contributed by atoms with Crippen molar-refractivity contribution in [2.45, 2.75) is 45.4 Å². The van der Waals surface area contributed by atoms with Crippen molar-refractivity contribution in [1.82, 2.24) is 19.9 Å². The smallest absolute Gasteiger partial charge is 0.255 e. The number of carbonyl (C=O) groups excluding carboxylic acids is 1. The van der Waals surface area contributed by atoms with Crippen molar-refractivity contribution in [2.24, 2.45) is 0 Å². The lowest BCUT2D eigenvalue weighted by molar-refractivity contribution is 0.0705. The van der Waals surface area contributed by atoms with Gasteiger partial charge in [-0.2, -0.15) is 0 Å². The molecule has 4 rings (SSSR count). The first-order chi connectivity index (χ1) is 13.1. The number of aryl methyl sites for hydroxylation is 2. The summed E-state index contributed by atoms with van der Waals surface area (Å²) in [7, 11) is 0. The fourth-order valence-electron chi connectivity index (χ4n) is 4.15. The molecule has 2 aromatic rings. The van der Waals surface area contributed by atoms with E-state index < -0.39 is 0 Å². The first-order valence-electron chi connectivity index (χ1n) is 9.91. The summed E-state index contributed by atoms with van der Waals surface area (Å²) in [6.45, 7) is 7.59. The first kappa shape index (κ1) is 17.9. The number of pyridine rings is 1. The molecule has 0 saturated carbocycles. The zero-order valence-corrected chi connectivity index (χ0v) is 16.2. The molecule has 0 radical (unpaired) electrons. The van der Waals surface area contributed by atoms with Crippen LogP contribution in [0.2, 0.25) is 0 Å². The van der Waals surface area contributed by atoms with Gasteiger partial charge in [0.05, 0.1) is 11.3 Å². The highest BCUT2D eigenvalue weighted by Gasteiger charge is 2.27. The lowest BCUT2D eigenvalue weighted by Gasteiger charge is -2.33. The fourth-order valence-corrected chi connectivity index (χ4v) is 4.15. The molecule has 27 heavy (non-hydrogen) atoms. The Morgan fingerprint density at radius 1 is 1.04 bits per heavy atom. The number of anilines is 1. The number of rotatable bonds is 3. The largest absolute Gasteiger partial charge is 0.357 e. The Balaban J connectivity index is 1.53. The zero-order chi connectivity index (χ0) is 18.8. The summed E-state index contributed by atoms with van der Waals surface area (Å²) in [5.74, 6) is 2.20. The summed E-state index contributed by atoms with van der Waals surface area (Å²) in [5.41, 5.74) is 2.76. The predicted molar refractivity (Wildman–Crippen MR) is 105 cm³/mol. The summed E-state index contributed by atoms with van der Waals surface area (Å²) in [6, 6.07) is 4.06. The van der Waals surface area contributed by atoms with Crippen LogP contribution in [-0.4, -0.2) is 51.9 Å². The van der Waals surface area contributed by atoms with Crippen LogP contribution in [0.4, 0.5) is 5.82 Å². The Kier molecular flexibility index (Phi) is 5.05. The topological polar surface area (TPSA) is 62.2 Å². The molecule has 4 heterocycles. The molecule has 142 valence electrons. The highest BCUT2D eigenvalue weighted by atomic mass is 16.2. The van der Waals surface area contributed by atoms with E-state index in [0.29, 0.717) is 12.1 Å². The van der Waals surface area contributed by atoms with Gasteiger partial charge >= 0.3 is 0 Å². The molecule has 0 N–H and O–H groups in total. The molecular formula is C21H27N5O. The third-order valence-electron chi connectivity index (χ3n) is 5.52. The highest BCUT2D eigenvalue weighted by Crippen LogP contribution is 2.29.